The first kappa shape index (κ1) is 7.60. The van der Waals surface area contributed by atoms with Crippen LogP contribution < -0.4 is 0 Å². The molecule has 1 saturated heterocycles. The molecule has 1 heteroatoms. The summed E-state index contributed by atoms with van der Waals surface area (Å²) in [6.07, 6.45) is 7.30. The van der Waals surface area contributed by atoms with Crippen LogP contribution in [0.2, 0.25) is 0 Å². The van der Waals surface area contributed by atoms with Crippen molar-refractivity contribution in [1.82, 2.24) is 4.90 Å². The third kappa shape index (κ3) is 1.76. The fourth-order valence-corrected chi connectivity index (χ4v) is 2.20. The number of hydrogen-bond donors (Lipinski definition) is 0. The molecule has 11 heavy (non-hydrogen) atoms. The molecule has 1 nitrogen and oxygen atoms in total. The predicted molar refractivity (Wildman–Crippen MR) is 47.6 cm³/mol. The molecule has 1 atom stereocenters. The van der Waals surface area contributed by atoms with Crippen LogP contribution >= 0.6 is 0 Å². The summed E-state index contributed by atoms with van der Waals surface area (Å²) in [7, 11) is 0. The maximum atomic E-state index is 2.72. The van der Waals surface area contributed by atoms with Gasteiger partial charge in [-0.25, -0.2) is 0 Å². The van der Waals surface area contributed by atoms with Crippen LogP contribution in [-0.2, 0) is 0 Å². The van der Waals surface area contributed by atoms with E-state index in [0.717, 1.165) is 12.0 Å². The predicted octanol–water partition coefficient (Wildman–Crippen LogP) is 2.27. The molecular weight excluding hydrogens is 134 g/mol. The molecule has 0 bridgehead atoms. The third-order valence-electron chi connectivity index (χ3n) is 3.19. The monoisotopic (exact) mass is 153 g/mol. The Morgan fingerprint density at radius 1 is 1.27 bits per heavy atom. The summed E-state index contributed by atoms with van der Waals surface area (Å²) in [5.41, 5.74) is 0. The van der Waals surface area contributed by atoms with Crippen molar-refractivity contribution in [2.75, 3.05) is 13.1 Å². The first-order valence-corrected chi connectivity index (χ1v) is 5.14. The molecule has 0 aromatic heterocycles. The van der Waals surface area contributed by atoms with Gasteiger partial charge in [0.25, 0.3) is 0 Å². The van der Waals surface area contributed by atoms with Gasteiger partial charge in [0.15, 0.2) is 0 Å². The number of hydrogen-bond acceptors (Lipinski definition) is 1. The van der Waals surface area contributed by atoms with Crippen LogP contribution in [0.25, 0.3) is 0 Å². The van der Waals surface area contributed by atoms with Gasteiger partial charge < -0.3 is 4.90 Å². The highest BCUT2D eigenvalue weighted by atomic mass is 15.2. The fraction of sp³-hybridized carbons (Fsp3) is 1.00. The van der Waals surface area contributed by atoms with E-state index in [1.807, 2.05) is 0 Å². The van der Waals surface area contributed by atoms with Gasteiger partial charge in [-0.3, -0.25) is 0 Å². The lowest BCUT2D eigenvalue weighted by atomic mass is 9.96. The topological polar surface area (TPSA) is 3.24 Å². The van der Waals surface area contributed by atoms with Gasteiger partial charge >= 0.3 is 0 Å². The second-order valence-electron chi connectivity index (χ2n) is 4.14. The van der Waals surface area contributed by atoms with E-state index in [1.165, 1.54) is 45.2 Å². The van der Waals surface area contributed by atoms with Gasteiger partial charge in [0.2, 0.25) is 0 Å². The van der Waals surface area contributed by atoms with Gasteiger partial charge in [-0.15, -0.1) is 0 Å². The molecule has 0 aromatic carbocycles. The molecule has 1 aliphatic heterocycles. The molecule has 0 radical (unpaired) electrons. The highest BCUT2D eigenvalue weighted by Gasteiger charge is 2.31. The molecule has 1 unspecified atom stereocenters. The van der Waals surface area contributed by atoms with E-state index in [1.54, 1.807) is 0 Å². The van der Waals surface area contributed by atoms with Crippen molar-refractivity contribution in [3.05, 3.63) is 0 Å². The molecule has 1 heterocycles. The average Bonchev–Trinajstić information content (AvgIpc) is 2.87. The van der Waals surface area contributed by atoms with Crippen LogP contribution in [-0.4, -0.2) is 24.0 Å². The Hall–Kier alpha value is -0.0400. The number of rotatable bonds is 2. The van der Waals surface area contributed by atoms with Gasteiger partial charge in [-0.1, -0.05) is 13.3 Å². The summed E-state index contributed by atoms with van der Waals surface area (Å²) in [5, 5.41) is 0. The van der Waals surface area contributed by atoms with E-state index in [9.17, 15) is 0 Å². The van der Waals surface area contributed by atoms with Crippen molar-refractivity contribution >= 4 is 0 Å². The molecule has 0 spiro atoms. The molecule has 0 N–H and O–H groups in total. The van der Waals surface area contributed by atoms with Crippen molar-refractivity contribution in [3.63, 3.8) is 0 Å². The number of nitrogens with zero attached hydrogens (tertiary/aromatic N) is 1. The van der Waals surface area contributed by atoms with Crippen molar-refractivity contribution in [2.45, 2.75) is 45.1 Å². The highest BCUT2D eigenvalue weighted by molar-refractivity contribution is 4.87. The standard InChI is InChI=1S/C10H19N/c1-2-9-4-3-7-11(8-9)10-5-6-10/h9-10H,2-8H2,1H3. The molecule has 1 aliphatic carbocycles. The first-order valence-electron chi connectivity index (χ1n) is 5.14. The van der Waals surface area contributed by atoms with Crippen LogP contribution in [0.4, 0.5) is 0 Å². The Morgan fingerprint density at radius 2 is 2.09 bits per heavy atom. The summed E-state index contributed by atoms with van der Waals surface area (Å²) in [5.74, 6) is 1.02. The second kappa shape index (κ2) is 3.14. The summed E-state index contributed by atoms with van der Waals surface area (Å²) in [6, 6.07) is 1.00. The van der Waals surface area contributed by atoms with Gasteiger partial charge in [-0.05, 0) is 38.1 Å². The zero-order valence-electron chi connectivity index (χ0n) is 7.55. The molecule has 2 aliphatic rings. The van der Waals surface area contributed by atoms with Crippen molar-refractivity contribution in [3.8, 4) is 0 Å². The lowest BCUT2D eigenvalue weighted by Crippen LogP contribution is -2.36. The van der Waals surface area contributed by atoms with E-state index in [-0.39, 0.29) is 0 Å². The minimum Gasteiger partial charge on any atom is -0.300 e. The highest BCUT2D eigenvalue weighted by Crippen LogP contribution is 2.31. The smallest absolute Gasteiger partial charge is 0.00965 e. The molecular formula is C10H19N. The Balaban J connectivity index is 1.82. The Labute approximate surface area is 69.8 Å². The normalized spacial score (nSPS) is 34.1. The molecule has 0 aromatic rings. The van der Waals surface area contributed by atoms with Crippen LogP contribution in [0.5, 0.6) is 0 Å². The molecule has 64 valence electrons. The van der Waals surface area contributed by atoms with E-state index in [0.29, 0.717) is 0 Å². The third-order valence-corrected chi connectivity index (χ3v) is 3.19. The van der Waals surface area contributed by atoms with Crippen LogP contribution in [0, 0.1) is 5.92 Å². The van der Waals surface area contributed by atoms with Gasteiger partial charge in [-0.2, -0.15) is 0 Å². The van der Waals surface area contributed by atoms with Crippen molar-refractivity contribution in [2.24, 2.45) is 5.92 Å². The Kier molecular flexibility index (Phi) is 2.17. The fourth-order valence-electron chi connectivity index (χ4n) is 2.20. The summed E-state index contributed by atoms with van der Waals surface area (Å²) in [6.45, 7) is 5.13. The van der Waals surface area contributed by atoms with E-state index in [2.05, 4.69) is 11.8 Å². The van der Waals surface area contributed by atoms with Crippen LogP contribution in [0.1, 0.15) is 39.0 Å². The lowest BCUT2D eigenvalue weighted by Gasteiger charge is -2.32. The Morgan fingerprint density at radius 3 is 2.73 bits per heavy atom. The largest absolute Gasteiger partial charge is 0.300 e. The summed E-state index contributed by atoms with van der Waals surface area (Å²) >= 11 is 0. The van der Waals surface area contributed by atoms with E-state index in [4.69, 9.17) is 0 Å². The van der Waals surface area contributed by atoms with Crippen LogP contribution in [0.3, 0.4) is 0 Å². The average molecular weight is 153 g/mol. The quantitative estimate of drug-likeness (QED) is 0.588. The van der Waals surface area contributed by atoms with E-state index < -0.39 is 0 Å². The molecule has 2 fully saturated rings. The second-order valence-corrected chi connectivity index (χ2v) is 4.14. The van der Waals surface area contributed by atoms with Gasteiger partial charge in [0.05, 0.1) is 0 Å². The SMILES string of the molecule is CCC1CCCN(C2CC2)C1. The number of likely N-dealkylation sites (tertiary alicyclic amines) is 1. The maximum Gasteiger partial charge on any atom is 0.00965 e. The Bertz CT molecular complexity index is 129. The van der Waals surface area contributed by atoms with Crippen molar-refractivity contribution < 1.29 is 0 Å². The van der Waals surface area contributed by atoms with Crippen molar-refractivity contribution in [1.29, 1.82) is 0 Å². The maximum absolute atomic E-state index is 2.72. The zero-order chi connectivity index (χ0) is 7.68. The van der Waals surface area contributed by atoms with E-state index >= 15 is 0 Å². The minimum atomic E-state index is 1.00. The van der Waals surface area contributed by atoms with Gasteiger partial charge in [0.1, 0.15) is 0 Å². The summed E-state index contributed by atoms with van der Waals surface area (Å²) < 4.78 is 0. The first-order chi connectivity index (χ1) is 5.40. The van der Waals surface area contributed by atoms with Crippen LogP contribution in [0.15, 0.2) is 0 Å². The number of piperidine rings is 1. The summed E-state index contributed by atoms with van der Waals surface area (Å²) in [4.78, 5) is 2.72. The van der Waals surface area contributed by atoms with Gasteiger partial charge in [0, 0.05) is 12.6 Å². The molecule has 1 saturated carbocycles. The molecule has 0 amide bonds. The molecule has 2 rings (SSSR count). The lowest BCUT2D eigenvalue weighted by molar-refractivity contribution is 0.164. The minimum absolute atomic E-state index is 1.00. The zero-order valence-corrected chi connectivity index (χ0v) is 7.55.